The van der Waals surface area contributed by atoms with Gasteiger partial charge in [-0.2, -0.15) is 0 Å². The number of pyridine rings is 1. The zero-order valence-corrected chi connectivity index (χ0v) is 9.97. The smallest absolute Gasteiger partial charge is 0.308 e. The van der Waals surface area contributed by atoms with Crippen LogP contribution in [0.5, 0.6) is 11.6 Å². The maximum atomic E-state index is 11.1. The summed E-state index contributed by atoms with van der Waals surface area (Å²) in [5, 5.41) is 9.95. The number of aliphatic hydroxyl groups excluding tert-OH is 1. The third kappa shape index (κ3) is 3.07. The summed E-state index contributed by atoms with van der Waals surface area (Å²) in [6, 6.07) is 1.58. The molecule has 0 radical (unpaired) electrons. The lowest BCUT2D eigenvalue weighted by Crippen LogP contribution is -2.11. The van der Waals surface area contributed by atoms with Crippen LogP contribution in [0, 0.1) is 0 Å². The number of aromatic nitrogens is 1. The lowest BCUT2D eigenvalue weighted by molar-refractivity contribution is -0.142. The standard InChI is InChI=1S/C11H15NO5/c1-15-8-4-5-12-11(17-3)10(8)7(13)6-9(14)16-2/h4-5,7,13H,6H2,1-3H3/t7-/m0/s1. The maximum Gasteiger partial charge on any atom is 0.308 e. The molecule has 0 saturated heterocycles. The molecule has 94 valence electrons. The van der Waals surface area contributed by atoms with Gasteiger partial charge in [0.15, 0.2) is 0 Å². The number of nitrogens with zero attached hydrogens (tertiary/aromatic N) is 1. The van der Waals surface area contributed by atoms with Crippen molar-refractivity contribution in [3.63, 3.8) is 0 Å². The molecule has 0 saturated carbocycles. The average molecular weight is 241 g/mol. The normalized spacial score (nSPS) is 11.8. The molecule has 1 aromatic heterocycles. The molecule has 1 heterocycles. The predicted octanol–water partition coefficient (Wildman–Crippen LogP) is 0.695. The van der Waals surface area contributed by atoms with E-state index < -0.39 is 12.1 Å². The van der Waals surface area contributed by atoms with Crippen LogP contribution in [0.25, 0.3) is 0 Å². The van der Waals surface area contributed by atoms with Crippen molar-refractivity contribution in [2.75, 3.05) is 21.3 Å². The van der Waals surface area contributed by atoms with Gasteiger partial charge in [0, 0.05) is 6.20 Å². The number of methoxy groups -OCH3 is 3. The van der Waals surface area contributed by atoms with Crippen LogP contribution in [0.15, 0.2) is 12.3 Å². The van der Waals surface area contributed by atoms with E-state index in [0.717, 1.165) is 0 Å². The van der Waals surface area contributed by atoms with Crippen molar-refractivity contribution in [3.8, 4) is 11.6 Å². The van der Waals surface area contributed by atoms with Crippen LogP contribution >= 0.6 is 0 Å². The van der Waals surface area contributed by atoms with Crippen LogP contribution in [-0.2, 0) is 9.53 Å². The van der Waals surface area contributed by atoms with Gasteiger partial charge < -0.3 is 19.3 Å². The Morgan fingerprint density at radius 3 is 2.65 bits per heavy atom. The first-order valence-electron chi connectivity index (χ1n) is 4.95. The summed E-state index contributed by atoms with van der Waals surface area (Å²) in [5.41, 5.74) is 0.336. The van der Waals surface area contributed by atoms with Crippen molar-refractivity contribution < 1.29 is 24.1 Å². The molecule has 17 heavy (non-hydrogen) atoms. The molecule has 0 aliphatic rings. The Labute approximate surface area is 99.1 Å². The first-order chi connectivity index (χ1) is 8.13. The molecule has 1 rings (SSSR count). The summed E-state index contributed by atoms with van der Waals surface area (Å²) in [6.07, 6.45) is 0.224. The highest BCUT2D eigenvalue weighted by atomic mass is 16.5. The Morgan fingerprint density at radius 2 is 2.12 bits per heavy atom. The number of esters is 1. The number of carbonyl (C=O) groups is 1. The third-order valence-corrected chi connectivity index (χ3v) is 2.25. The first-order valence-corrected chi connectivity index (χ1v) is 4.95. The van der Waals surface area contributed by atoms with Crippen molar-refractivity contribution in [2.24, 2.45) is 0 Å². The van der Waals surface area contributed by atoms with Crippen molar-refractivity contribution in [2.45, 2.75) is 12.5 Å². The topological polar surface area (TPSA) is 77.9 Å². The third-order valence-electron chi connectivity index (χ3n) is 2.25. The zero-order valence-electron chi connectivity index (χ0n) is 9.97. The average Bonchev–Trinajstić information content (AvgIpc) is 2.37. The van der Waals surface area contributed by atoms with Crippen LogP contribution < -0.4 is 9.47 Å². The Bertz CT molecular complexity index is 371. The van der Waals surface area contributed by atoms with E-state index in [1.807, 2.05) is 0 Å². The number of hydrogen-bond acceptors (Lipinski definition) is 6. The predicted molar refractivity (Wildman–Crippen MR) is 58.9 cm³/mol. The van der Waals surface area contributed by atoms with E-state index in [-0.39, 0.29) is 12.3 Å². The second-order valence-corrected chi connectivity index (χ2v) is 3.23. The monoisotopic (exact) mass is 241 g/mol. The highest BCUT2D eigenvalue weighted by molar-refractivity contribution is 5.70. The molecule has 1 aromatic rings. The molecule has 6 nitrogen and oxygen atoms in total. The van der Waals surface area contributed by atoms with Gasteiger partial charge in [0.25, 0.3) is 0 Å². The lowest BCUT2D eigenvalue weighted by Gasteiger charge is -2.16. The van der Waals surface area contributed by atoms with Crippen molar-refractivity contribution >= 4 is 5.97 Å². The number of carbonyl (C=O) groups excluding carboxylic acids is 1. The Hall–Kier alpha value is -1.82. The second kappa shape index (κ2) is 6.05. The van der Waals surface area contributed by atoms with Gasteiger partial charge in [-0.25, -0.2) is 4.98 Å². The molecular weight excluding hydrogens is 226 g/mol. The van der Waals surface area contributed by atoms with Crippen LogP contribution in [0.4, 0.5) is 0 Å². The number of ether oxygens (including phenoxy) is 3. The van der Waals surface area contributed by atoms with Crippen molar-refractivity contribution in [1.82, 2.24) is 4.98 Å². The molecule has 0 aromatic carbocycles. The fourth-order valence-electron chi connectivity index (χ4n) is 1.43. The molecule has 0 unspecified atom stereocenters. The van der Waals surface area contributed by atoms with E-state index in [1.165, 1.54) is 27.5 Å². The van der Waals surface area contributed by atoms with Crippen molar-refractivity contribution in [3.05, 3.63) is 17.8 Å². The maximum absolute atomic E-state index is 11.1. The fraction of sp³-hybridized carbons (Fsp3) is 0.455. The number of hydrogen-bond donors (Lipinski definition) is 1. The fourth-order valence-corrected chi connectivity index (χ4v) is 1.43. The van der Waals surface area contributed by atoms with Crippen molar-refractivity contribution in [1.29, 1.82) is 0 Å². The molecule has 0 amide bonds. The molecule has 6 heteroatoms. The molecule has 1 N–H and O–H groups in total. The lowest BCUT2D eigenvalue weighted by atomic mass is 10.1. The molecule has 0 fully saturated rings. The van der Waals surface area contributed by atoms with Gasteiger partial charge in [-0.1, -0.05) is 0 Å². The van der Waals surface area contributed by atoms with Gasteiger partial charge in [0.2, 0.25) is 5.88 Å². The summed E-state index contributed by atoms with van der Waals surface area (Å²) in [5.74, 6) is 0.111. The first kappa shape index (κ1) is 13.2. The van der Waals surface area contributed by atoms with E-state index in [2.05, 4.69) is 9.72 Å². The molecule has 1 atom stereocenters. The quantitative estimate of drug-likeness (QED) is 0.764. The summed E-state index contributed by atoms with van der Waals surface area (Å²) in [6.45, 7) is 0. The summed E-state index contributed by atoms with van der Waals surface area (Å²) in [7, 11) is 4.14. The number of rotatable bonds is 5. The van der Waals surface area contributed by atoms with E-state index in [0.29, 0.717) is 11.3 Å². The van der Waals surface area contributed by atoms with Crippen LogP contribution in [0.3, 0.4) is 0 Å². The molecule has 0 aliphatic heterocycles. The summed E-state index contributed by atoms with van der Waals surface area (Å²) >= 11 is 0. The minimum Gasteiger partial charge on any atom is -0.496 e. The Balaban J connectivity index is 3.04. The van der Waals surface area contributed by atoms with Crippen LogP contribution in [0.2, 0.25) is 0 Å². The molecule has 0 aliphatic carbocycles. The van der Waals surface area contributed by atoms with Crippen LogP contribution in [-0.4, -0.2) is 37.4 Å². The van der Waals surface area contributed by atoms with E-state index in [1.54, 1.807) is 6.07 Å². The molecular formula is C11H15NO5. The minimum absolute atomic E-state index is 0.186. The Morgan fingerprint density at radius 1 is 1.41 bits per heavy atom. The molecule has 0 spiro atoms. The highest BCUT2D eigenvalue weighted by Crippen LogP contribution is 2.33. The van der Waals surface area contributed by atoms with Crippen LogP contribution in [0.1, 0.15) is 18.1 Å². The number of aliphatic hydroxyl groups is 1. The van der Waals surface area contributed by atoms with Gasteiger partial charge in [-0.15, -0.1) is 0 Å². The highest BCUT2D eigenvalue weighted by Gasteiger charge is 2.22. The second-order valence-electron chi connectivity index (χ2n) is 3.23. The van der Waals surface area contributed by atoms with Gasteiger partial charge in [-0.3, -0.25) is 4.79 Å². The van der Waals surface area contributed by atoms with Gasteiger partial charge >= 0.3 is 5.97 Å². The van der Waals surface area contributed by atoms with E-state index in [9.17, 15) is 9.90 Å². The zero-order chi connectivity index (χ0) is 12.8. The SMILES string of the molecule is COC(=O)C[C@H](O)c1c(OC)ccnc1OC. The summed E-state index contributed by atoms with van der Waals surface area (Å²) < 4.78 is 14.6. The molecule has 0 bridgehead atoms. The van der Waals surface area contributed by atoms with Gasteiger partial charge in [0.1, 0.15) is 5.75 Å². The summed E-state index contributed by atoms with van der Waals surface area (Å²) in [4.78, 5) is 15.1. The minimum atomic E-state index is -1.08. The van der Waals surface area contributed by atoms with Gasteiger partial charge in [0.05, 0.1) is 39.4 Å². The Kier molecular flexibility index (Phi) is 4.71. The van der Waals surface area contributed by atoms with E-state index in [4.69, 9.17) is 9.47 Å². The van der Waals surface area contributed by atoms with E-state index >= 15 is 0 Å². The largest absolute Gasteiger partial charge is 0.496 e. The van der Waals surface area contributed by atoms with Gasteiger partial charge in [-0.05, 0) is 6.07 Å².